The van der Waals surface area contributed by atoms with Crippen molar-refractivity contribution >= 4 is 10.0 Å². The lowest BCUT2D eigenvalue weighted by molar-refractivity contribution is 0.286. The van der Waals surface area contributed by atoms with Crippen LogP contribution >= 0.6 is 0 Å². The summed E-state index contributed by atoms with van der Waals surface area (Å²) >= 11 is 0. The molecule has 0 amide bonds. The fourth-order valence-corrected chi connectivity index (χ4v) is 3.21. The van der Waals surface area contributed by atoms with Crippen molar-refractivity contribution in [3.8, 4) is 0 Å². The lowest BCUT2D eigenvalue weighted by Gasteiger charge is -2.21. The molecule has 104 valence electrons. The molecule has 0 bridgehead atoms. The predicted octanol–water partition coefficient (Wildman–Crippen LogP) is 0.362. The first-order valence-corrected chi connectivity index (χ1v) is 7.78. The van der Waals surface area contributed by atoms with Gasteiger partial charge in [0.25, 0.3) is 0 Å². The minimum atomic E-state index is -3.14. The van der Waals surface area contributed by atoms with Crippen LogP contribution in [0.4, 0.5) is 0 Å². The summed E-state index contributed by atoms with van der Waals surface area (Å²) in [6.07, 6.45) is 1.93. The Morgan fingerprint density at radius 1 is 1.06 bits per heavy atom. The number of unbranched alkanes of at least 4 members (excludes halogenated alkanes) is 1. The Bertz CT molecular complexity index is 278. The van der Waals surface area contributed by atoms with Crippen molar-refractivity contribution in [2.45, 2.75) is 26.2 Å². The third-order valence-corrected chi connectivity index (χ3v) is 4.60. The molecular weight excluding hydrogens is 240 g/mol. The Hall–Kier alpha value is -0.170. The molecule has 5 nitrogen and oxygen atoms in total. The molecule has 0 saturated carbocycles. The minimum absolute atomic E-state index is 0.0578. The van der Waals surface area contributed by atoms with Crippen LogP contribution in [0.1, 0.15) is 26.2 Å². The summed E-state index contributed by atoms with van der Waals surface area (Å²) < 4.78 is 25.4. The zero-order chi connectivity index (χ0) is 13.3. The van der Waals surface area contributed by atoms with Gasteiger partial charge in [0.1, 0.15) is 0 Å². The number of nitrogens with zero attached hydrogens (tertiary/aromatic N) is 2. The summed E-state index contributed by atoms with van der Waals surface area (Å²) in [5.74, 6) is 0.142. The van der Waals surface area contributed by atoms with Gasteiger partial charge in [0.05, 0.1) is 5.75 Å². The zero-order valence-corrected chi connectivity index (χ0v) is 12.0. The molecule has 0 aromatic carbocycles. The van der Waals surface area contributed by atoms with Gasteiger partial charge in [0, 0.05) is 19.7 Å². The van der Waals surface area contributed by atoms with Crippen LogP contribution in [0.15, 0.2) is 0 Å². The highest BCUT2D eigenvalue weighted by atomic mass is 32.2. The summed E-state index contributed by atoms with van der Waals surface area (Å²) in [5.41, 5.74) is 0. The van der Waals surface area contributed by atoms with E-state index in [-0.39, 0.29) is 12.4 Å². The maximum Gasteiger partial charge on any atom is 0.214 e. The fraction of sp³-hybridized carbons (Fsp3) is 1.00. The van der Waals surface area contributed by atoms with Gasteiger partial charge in [-0.2, -0.15) is 0 Å². The van der Waals surface area contributed by atoms with Crippen LogP contribution in [-0.2, 0) is 10.0 Å². The van der Waals surface area contributed by atoms with Gasteiger partial charge < -0.3 is 10.0 Å². The Morgan fingerprint density at radius 2 is 1.71 bits per heavy atom. The number of hydrogen-bond acceptors (Lipinski definition) is 4. The molecule has 0 heterocycles. The molecule has 0 rings (SSSR count). The number of sulfonamides is 1. The van der Waals surface area contributed by atoms with Crippen LogP contribution in [0, 0.1) is 0 Å². The second-order valence-corrected chi connectivity index (χ2v) is 6.48. The van der Waals surface area contributed by atoms with Gasteiger partial charge in [-0.3, -0.25) is 0 Å². The third kappa shape index (κ3) is 7.70. The molecule has 0 fully saturated rings. The van der Waals surface area contributed by atoms with Crippen molar-refractivity contribution in [1.82, 2.24) is 9.21 Å². The third-order valence-electron chi connectivity index (χ3n) is 2.57. The SMILES string of the molecule is CCN(CCCN(C)C)S(=O)(=O)CCCCO. The number of aliphatic hydroxyl groups excluding tert-OH is 1. The van der Waals surface area contributed by atoms with E-state index < -0.39 is 10.0 Å². The summed E-state index contributed by atoms with van der Waals surface area (Å²) in [6, 6.07) is 0. The average molecular weight is 266 g/mol. The van der Waals surface area contributed by atoms with E-state index in [2.05, 4.69) is 0 Å². The maximum absolute atomic E-state index is 11.9. The van der Waals surface area contributed by atoms with Gasteiger partial charge >= 0.3 is 0 Å². The normalized spacial score (nSPS) is 12.6. The first kappa shape index (κ1) is 16.8. The average Bonchev–Trinajstić information content (AvgIpc) is 2.24. The Balaban J connectivity index is 4.13. The van der Waals surface area contributed by atoms with E-state index in [1.165, 1.54) is 4.31 Å². The molecule has 0 atom stereocenters. The van der Waals surface area contributed by atoms with E-state index in [1.54, 1.807) is 0 Å². The van der Waals surface area contributed by atoms with E-state index in [0.29, 0.717) is 25.9 Å². The topological polar surface area (TPSA) is 60.9 Å². The zero-order valence-electron chi connectivity index (χ0n) is 11.2. The summed E-state index contributed by atoms with van der Waals surface area (Å²) in [4.78, 5) is 2.05. The van der Waals surface area contributed by atoms with Gasteiger partial charge in [-0.25, -0.2) is 12.7 Å². The first-order valence-electron chi connectivity index (χ1n) is 6.17. The van der Waals surface area contributed by atoms with Gasteiger partial charge in [-0.1, -0.05) is 6.92 Å². The van der Waals surface area contributed by atoms with E-state index >= 15 is 0 Å². The Labute approximate surface area is 105 Å². The van der Waals surface area contributed by atoms with Crippen molar-refractivity contribution in [2.24, 2.45) is 0 Å². The molecule has 0 aliphatic heterocycles. The van der Waals surface area contributed by atoms with Gasteiger partial charge in [-0.05, 0) is 39.9 Å². The van der Waals surface area contributed by atoms with Gasteiger partial charge in [0.2, 0.25) is 10.0 Å². The second kappa shape index (κ2) is 8.85. The van der Waals surface area contributed by atoms with Crippen LogP contribution < -0.4 is 0 Å². The number of rotatable bonds is 10. The molecule has 0 spiro atoms. The summed E-state index contributed by atoms with van der Waals surface area (Å²) in [5, 5.41) is 8.65. The van der Waals surface area contributed by atoms with Crippen LogP contribution in [0.5, 0.6) is 0 Å². The van der Waals surface area contributed by atoms with E-state index in [0.717, 1.165) is 13.0 Å². The minimum Gasteiger partial charge on any atom is -0.396 e. The molecule has 0 unspecified atom stereocenters. The van der Waals surface area contributed by atoms with Crippen molar-refractivity contribution < 1.29 is 13.5 Å². The Kier molecular flexibility index (Phi) is 8.77. The highest BCUT2D eigenvalue weighted by molar-refractivity contribution is 7.89. The van der Waals surface area contributed by atoms with Crippen molar-refractivity contribution in [2.75, 3.05) is 46.1 Å². The molecule has 6 heteroatoms. The van der Waals surface area contributed by atoms with Gasteiger partial charge in [0.15, 0.2) is 0 Å². The maximum atomic E-state index is 11.9. The number of hydrogen-bond donors (Lipinski definition) is 1. The molecule has 1 N–H and O–H groups in total. The highest BCUT2D eigenvalue weighted by Crippen LogP contribution is 2.06. The molecule has 0 aromatic rings. The summed E-state index contributed by atoms with van der Waals surface area (Å²) in [6.45, 7) is 3.91. The fourth-order valence-electron chi connectivity index (χ4n) is 1.58. The molecule has 17 heavy (non-hydrogen) atoms. The van der Waals surface area contributed by atoms with Gasteiger partial charge in [-0.15, -0.1) is 0 Å². The first-order chi connectivity index (χ1) is 7.94. The van der Waals surface area contributed by atoms with Crippen molar-refractivity contribution in [3.05, 3.63) is 0 Å². The lowest BCUT2D eigenvalue weighted by atomic mass is 10.4. The van der Waals surface area contributed by atoms with Crippen molar-refractivity contribution in [1.29, 1.82) is 0 Å². The molecule has 0 saturated heterocycles. The van der Waals surface area contributed by atoms with E-state index in [1.807, 2.05) is 25.9 Å². The van der Waals surface area contributed by atoms with Crippen LogP contribution in [0.3, 0.4) is 0 Å². The van der Waals surface area contributed by atoms with Crippen molar-refractivity contribution in [3.63, 3.8) is 0 Å². The largest absolute Gasteiger partial charge is 0.396 e. The monoisotopic (exact) mass is 266 g/mol. The van der Waals surface area contributed by atoms with E-state index in [4.69, 9.17) is 5.11 Å². The molecule has 0 aliphatic carbocycles. The van der Waals surface area contributed by atoms with E-state index in [9.17, 15) is 8.42 Å². The Morgan fingerprint density at radius 3 is 2.18 bits per heavy atom. The quantitative estimate of drug-likeness (QED) is 0.580. The standard InChI is InChI=1S/C11H26N2O3S/c1-4-13(9-7-8-12(2)3)17(15,16)11-6-5-10-14/h14H,4-11H2,1-3H3. The van der Waals surface area contributed by atoms with Crippen LogP contribution in [0.2, 0.25) is 0 Å². The summed E-state index contributed by atoms with van der Waals surface area (Å²) in [7, 11) is 0.817. The molecular formula is C11H26N2O3S. The lowest BCUT2D eigenvalue weighted by Crippen LogP contribution is -2.35. The second-order valence-electron chi connectivity index (χ2n) is 4.40. The highest BCUT2D eigenvalue weighted by Gasteiger charge is 2.19. The molecule has 0 aliphatic rings. The number of aliphatic hydroxyl groups is 1. The smallest absolute Gasteiger partial charge is 0.214 e. The molecule has 0 radical (unpaired) electrons. The molecule has 0 aromatic heterocycles. The predicted molar refractivity (Wildman–Crippen MR) is 70.5 cm³/mol. The van der Waals surface area contributed by atoms with Crippen LogP contribution in [0.25, 0.3) is 0 Å². The van der Waals surface area contributed by atoms with Crippen LogP contribution in [-0.4, -0.2) is 68.8 Å².